The maximum atomic E-state index is 11.0. The molecule has 0 aromatic heterocycles. The van der Waals surface area contributed by atoms with E-state index < -0.39 is 9.05 Å². The fraction of sp³-hybridized carbons (Fsp3) is 0.143. The minimum Gasteiger partial charge on any atom is -0.207 e. The molecule has 0 amide bonds. The molecule has 0 aliphatic rings. The zero-order valence-corrected chi connectivity index (χ0v) is 9.94. The first kappa shape index (κ1) is 10.3. The standard InChI is InChI=1S/C7H6ClIO2S/c1-5-6(9)3-2-4-7(5)12(8,10)11/h2-4H,1H3. The molecular formula is C7H6ClIO2S. The van der Waals surface area contributed by atoms with E-state index in [2.05, 4.69) is 22.6 Å². The van der Waals surface area contributed by atoms with Gasteiger partial charge in [0.2, 0.25) is 0 Å². The van der Waals surface area contributed by atoms with E-state index in [-0.39, 0.29) is 4.90 Å². The Morgan fingerprint density at radius 2 is 2.00 bits per heavy atom. The molecule has 5 heteroatoms. The van der Waals surface area contributed by atoms with Gasteiger partial charge >= 0.3 is 0 Å². The third kappa shape index (κ3) is 2.11. The first-order valence-corrected chi connectivity index (χ1v) is 6.51. The van der Waals surface area contributed by atoms with Gasteiger partial charge in [-0.2, -0.15) is 0 Å². The third-order valence-electron chi connectivity index (χ3n) is 1.48. The fourth-order valence-electron chi connectivity index (χ4n) is 0.852. The molecule has 1 aromatic rings. The second-order valence-corrected chi connectivity index (χ2v) is 6.00. The first-order valence-electron chi connectivity index (χ1n) is 3.12. The maximum Gasteiger partial charge on any atom is 0.261 e. The summed E-state index contributed by atoms with van der Waals surface area (Å²) in [5, 5.41) is 0. The first-order chi connectivity index (χ1) is 5.43. The van der Waals surface area contributed by atoms with Crippen molar-refractivity contribution in [3.63, 3.8) is 0 Å². The van der Waals surface area contributed by atoms with Gasteiger partial charge < -0.3 is 0 Å². The van der Waals surface area contributed by atoms with Crippen LogP contribution in [0.4, 0.5) is 0 Å². The van der Waals surface area contributed by atoms with Crippen molar-refractivity contribution in [3.8, 4) is 0 Å². The molecule has 0 unspecified atom stereocenters. The largest absolute Gasteiger partial charge is 0.261 e. The number of hydrogen-bond donors (Lipinski definition) is 0. The van der Waals surface area contributed by atoms with Crippen LogP contribution in [-0.4, -0.2) is 8.42 Å². The van der Waals surface area contributed by atoms with E-state index in [0.29, 0.717) is 5.56 Å². The average molecular weight is 317 g/mol. The molecule has 0 spiro atoms. The van der Waals surface area contributed by atoms with E-state index >= 15 is 0 Å². The lowest BCUT2D eigenvalue weighted by Crippen LogP contribution is -1.95. The van der Waals surface area contributed by atoms with Gasteiger partial charge in [-0.15, -0.1) is 0 Å². The van der Waals surface area contributed by atoms with E-state index in [1.54, 1.807) is 13.0 Å². The van der Waals surface area contributed by atoms with Crippen LogP contribution in [0.1, 0.15) is 5.56 Å². The van der Waals surface area contributed by atoms with Crippen LogP contribution in [-0.2, 0) is 9.05 Å². The normalized spacial score (nSPS) is 11.6. The van der Waals surface area contributed by atoms with Crippen LogP contribution in [0.15, 0.2) is 23.1 Å². The molecule has 0 N–H and O–H groups in total. The SMILES string of the molecule is Cc1c(I)cccc1S(=O)(=O)Cl. The van der Waals surface area contributed by atoms with Crippen molar-refractivity contribution in [2.75, 3.05) is 0 Å². The second kappa shape index (κ2) is 3.51. The zero-order chi connectivity index (χ0) is 9.35. The highest BCUT2D eigenvalue weighted by molar-refractivity contribution is 14.1. The summed E-state index contributed by atoms with van der Waals surface area (Å²) < 4.78 is 22.8. The number of rotatable bonds is 1. The van der Waals surface area contributed by atoms with Gasteiger partial charge in [-0.25, -0.2) is 8.42 Å². The Morgan fingerprint density at radius 3 is 2.42 bits per heavy atom. The minimum absolute atomic E-state index is 0.191. The predicted molar refractivity (Wildman–Crippen MR) is 56.9 cm³/mol. The summed E-state index contributed by atoms with van der Waals surface area (Å²) in [4.78, 5) is 0.191. The molecule has 1 rings (SSSR count). The van der Waals surface area contributed by atoms with Crippen LogP contribution in [0.2, 0.25) is 0 Å². The molecule has 0 saturated carbocycles. The van der Waals surface area contributed by atoms with Gasteiger partial charge in [0.1, 0.15) is 0 Å². The van der Waals surface area contributed by atoms with Crippen molar-refractivity contribution in [3.05, 3.63) is 27.3 Å². The Hall–Kier alpha value is 0.190. The summed E-state index contributed by atoms with van der Waals surface area (Å²) in [7, 11) is 1.62. The highest BCUT2D eigenvalue weighted by atomic mass is 127. The molecule has 1 aromatic carbocycles. The molecule has 0 radical (unpaired) electrons. The Bertz CT molecular complexity index is 400. The molecule has 0 bridgehead atoms. The van der Waals surface area contributed by atoms with Gasteiger partial charge in [-0.1, -0.05) is 6.07 Å². The molecule has 0 aliphatic heterocycles. The minimum atomic E-state index is -3.59. The topological polar surface area (TPSA) is 34.1 Å². The van der Waals surface area contributed by atoms with E-state index in [4.69, 9.17) is 10.7 Å². The van der Waals surface area contributed by atoms with Crippen LogP contribution in [0.3, 0.4) is 0 Å². The molecular weight excluding hydrogens is 310 g/mol. The summed E-state index contributed by atoms with van der Waals surface area (Å²) in [6, 6.07) is 5.01. The third-order valence-corrected chi connectivity index (χ3v) is 4.12. The van der Waals surface area contributed by atoms with Gasteiger partial charge in [0.25, 0.3) is 9.05 Å². The van der Waals surface area contributed by atoms with E-state index in [0.717, 1.165) is 3.57 Å². The Kier molecular flexibility index (Phi) is 3.01. The van der Waals surface area contributed by atoms with E-state index in [1.165, 1.54) is 6.07 Å². The lowest BCUT2D eigenvalue weighted by atomic mass is 10.2. The Balaban J connectivity index is 3.47. The zero-order valence-electron chi connectivity index (χ0n) is 6.21. The van der Waals surface area contributed by atoms with Crippen LogP contribution in [0, 0.1) is 10.5 Å². The molecule has 0 heterocycles. The Labute approximate surface area is 89.5 Å². The molecule has 0 aliphatic carbocycles. The Morgan fingerprint density at radius 1 is 1.42 bits per heavy atom. The molecule has 66 valence electrons. The quantitative estimate of drug-likeness (QED) is 0.589. The van der Waals surface area contributed by atoms with Gasteiger partial charge in [0, 0.05) is 14.3 Å². The van der Waals surface area contributed by atoms with Gasteiger partial charge in [0.15, 0.2) is 0 Å². The van der Waals surface area contributed by atoms with Crippen molar-refractivity contribution >= 4 is 42.3 Å². The van der Waals surface area contributed by atoms with Crippen LogP contribution < -0.4 is 0 Å². The number of benzene rings is 1. The van der Waals surface area contributed by atoms with Crippen molar-refractivity contribution < 1.29 is 8.42 Å². The maximum absolute atomic E-state index is 11.0. The lowest BCUT2D eigenvalue weighted by Gasteiger charge is -2.02. The van der Waals surface area contributed by atoms with Crippen LogP contribution >= 0.6 is 33.3 Å². The molecule has 0 fully saturated rings. The van der Waals surface area contributed by atoms with Crippen molar-refractivity contribution in [1.29, 1.82) is 0 Å². The summed E-state index contributed by atoms with van der Waals surface area (Å²) >= 11 is 2.07. The van der Waals surface area contributed by atoms with E-state index in [1.807, 2.05) is 6.07 Å². The summed E-state index contributed by atoms with van der Waals surface area (Å²) in [5.74, 6) is 0. The fourth-order valence-corrected chi connectivity index (χ4v) is 2.75. The van der Waals surface area contributed by atoms with Crippen molar-refractivity contribution in [2.24, 2.45) is 0 Å². The highest BCUT2D eigenvalue weighted by Gasteiger charge is 2.13. The highest BCUT2D eigenvalue weighted by Crippen LogP contribution is 2.22. The molecule has 2 nitrogen and oxygen atoms in total. The lowest BCUT2D eigenvalue weighted by molar-refractivity contribution is 0.609. The van der Waals surface area contributed by atoms with E-state index in [9.17, 15) is 8.42 Å². The molecule has 12 heavy (non-hydrogen) atoms. The molecule has 0 atom stereocenters. The van der Waals surface area contributed by atoms with Crippen LogP contribution in [0.25, 0.3) is 0 Å². The number of halogens is 2. The van der Waals surface area contributed by atoms with Gasteiger partial charge in [0.05, 0.1) is 4.90 Å². The van der Waals surface area contributed by atoms with Gasteiger partial charge in [-0.3, -0.25) is 0 Å². The summed E-state index contributed by atoms with van der Waals surface area (Å²) in [6.45, 7) is 1.73. The average Bonchev–Trinajstić information content (AvgIpc) is 1.92. The van der Waals surface area contributed by atoms with Gasteiger partial charge in [-0.05, 0) is 47.2 Å². The summed E-state index contributed by atoms with van der Waals surface area (Å²) in [6.07, 6.45) is 0. The smallest absolute Gasteiger partial charge is 0.207 e. The van der Waals surface area contributed by atoms with Crippen LogP contribution in [0.5, 0.6) is 0 Å². The molecule has 0 saturated heterocycles. The summed E-state index contributed by atoms with van der Waals surface area (Å²) in [5.41, 5.74) is 0.702. The van der Waals surface area contributed by atoms with Crippen molar-refractivity contribution in [1.82, 2.24) is 0 Å². The monoisotopic (exact) mass is 316 g/mol. The van der Waals surface area contributed by atoms with Crippen molar-refractivity contribution in [2.45, 2.75) is 11.8 Å². The predicted octanol–water partition coefficient (Wildman–Crippen LogP) is 2.53. The number of hydrogen-bond acceptors (Lipinski definition) is 2. The second-order valence-electron chi connectivity index (χ2n) is 2.30.